The Kier molecular flexibility index (Phi) is 6.50. The maximum atomic E-state index is 12.5. The Morgan fingerprint density at radius 1 is 1.03 bits per heavy atom. The molecule has 5 heteroatoms. The van der Waals surface area contributed by atoms with E-state index in [0.717, 1.165) is 38.3 Å². The molecular formula is C25H31N3O2. The number of nitrogens with one attached hydrogen (secondary N) is 1. The minimum Gasteiger partial charge on any atom is -0.372 e. The quantitative estimate of drug-likeness (QED) is 0.816. The van der Waals surface area contributed by atoms with E-state index >= 15 is 0 Å². The van der Waals surface area contributed by atoms with Gasteiger partial charge in [0.05, 0.1) is 18.8 Å². The van der Waals surface area contributed by atoms with Gasteiger partial charge in [-0.3, -0.25) is 9.69 Å². The van der Waals surface area contributed by atoms with Crippen LogP contribution >= 0.6 is 0 Å². The number of amides is 1. The maximum absolute atomic E-state index is 12.5. The van der Waals surface area contributed by atoms with Gasteiger partial charge in [0.1, 0.15) is 0 Å². The standard InChI is InChI=1S/C25H31N3O2/c1-19-16-28(17-20(2)30-19)24-10-8-23(9-11-24)26-25(29)18-27-14-12-22(13-15-27)21-6-4-3-5-7-21/h3-12,19-20H,13-18H2,1-2H3,(H,26,29). The molecule has 1 amide bonds. The van der Waals surface area contributed by atoms with Crippen molar-refractivity contribution in [2.75, 3.05) is 42.9 Å². The van der Waals surface area contributed by atoms with Crippen molar-refractivity contribution in [1.29, 1.82) is 0 Å². The Morgan fingerprint density at radius 3 is 2.37 bits per heavy atom. The second kappa shape index (κ2) is 9.45. The van der Waals surface area contributed by atoms with Crippen LogP contribution in [0.1, 0.15) is 25.8 Å². The number of nitrogens with zero attached hydrogens (tertiary/aromatic N) is 2. The van der Waals surface area contributed by atoms with E-state index in [1.807, 2.05) is 18.2 Å². The van der Waals surface area contributed by atoms with Gasteiger partial charge in [0.15, 0.2) is 0 Å². The van der Waals surface area contributed by atoms with Crippen LogP contribution in [0, 0.1) is 0 Å². The van der Waals surface area contributed by atoms with Crippen LogP contribution in [0.4, 0.5) is 11.4 Å². The monoisotopic (exact) mass is 405 g/mol. The van der Waals surface area contributed by atoms with Crippen molar-refractivity contribution in [1.82, 2.24) is 4.90 Å². The van der Waals surface area contributed by atoms with Crippen LogP contribution in [0.25, 0.3) is 5.57 Å². The molecule has 4 rings (SSSR count). The lowest BCUT2D eigenvalue weighted by atomic mass is 10.00. The first kappa shape index (κ1) is 20.6. The van der Waals surface area contributed by atoms with E-state index in [4.69, 9.17) is 4.74 Å². The normalized spacial score (nSPS) is 22.5. The number of carbonyl (C=O) groups excluding carboxylic acids is 1. The maximum Gasteiger partial charge on any atom is 0.238 e. The minimum atomic E-state index is 0.0351. The van der Waals surface area contributed by atoms with Crippen LogP contribution in [0.5, 0.6) is 0 Å². The zero-order chi connectivity index (χ0) is 20.9. The highest BCUT2D eigenvalue weighted by Crippen LogP contribution is 2.23. The fourth-order valence-corrected chi connectivity index (χ4v) is 4.32. The Bertz CT molecular complexity index is 869. The number of anilines is 2. The van der Waals surface area contributed by atoms with Gasteiger partial charge in [-0.25, -0.2) is 0 Å². The second-order valence-electron chi connectivity index (χ2n) is 8.34. The predicted molar refractivity (Wildman–Crippen MR) is 123 cm³/mol. The molecule has 1 N–H and O–H groups in total. The zero-order valence-electron chi connectivity index (χ0n) is 17.9. The van der Waals surface area contributed by atoms with Gasteiger partial charge in [0.25, 0.3) is 0 Å². The average molecular weight is 406 g/mol. The molecule has 2 aromatic carbocycles. The summed E-state index contributed by atoms with van der Waals surface area (Å²) in [6.45, 7) is 8.13. The molecule has 1 saturated heterocycles. The van der Waals surface area contributed by atoms with Crippen molar-refractivity contribution in [3.05, 3.63) is 66.2 Å². The van der Waals surface area contributed by atoms with Crippen molar-refractivity contribution in [2.24, 2.45) is 0 Å². The van der Waals surface area contributed by atoms with E-state index in [-0.39, 0.29) is 18.1 Å². The predicted octanol–water partition coefficient (Wildman–Crippen LogP) is 4.03. The molecule has 2 aromatic rings. The van der Waals surface area contributed by atoms with Gasteiger partial charge in [-0.05, 0) is 55.7 Å². The third-order valence-electron chi connectivity index (χ3n) is 5.74. The van der Waals surface area contributed by atoms with Crippen LogP contribution in [-0.2, 0) is 9.53 Å². The van der Waals surface area contributed by atoms with Gasteiger partial charge in [-0.15, -0.1) is 0 Å². The fraction of sp³-hybridized carbons (Fsp3) is 0.400. The van der Waals surface area contributed by atoms with Gasteiger partial charge in [-0.2, -0.15) is 0 Å². The molecular weight excluding hydrogens is 374 g/mol. The van der Waals surface area contributed by atoms with Gasteiger partial charge < -0.3 is 15.0 Å². The topological polar surface area (TPSA) is 44.8 Å². The second-order valence-corrected chi connectivity index (χ2v) is 8.34. The lowest BCUT2D eigenvalue weighted by Gasteiger charge is -2.36. The Morgan fingerprint density at radius 2 is 1.73 bits per heavy atom. The largest absolute Gasteiger partial charge is 0.372 e. The van der Waals surface area contributed by atoms with E-state index in [2.05, 4.69) is 71.4 Å². The number of carbonyl (C=O) groups is 1. The van der Waals surface area contributed by atoms with E-state index in [9.17, 15) is 4.79 Å². The Balaban J connectivity index is 1.28. The molecule has 0 aromatic heterocycles. The highest BCUT2D eigenvalue weighted by Gasteiger charge is 2.22. The molecule has 2 atom stereocenters. The fourth-order valence-electron chi connectivity index (χ4n) is 4.32. The number of hydrogen-bond donors (Lipinski definition) is 1. The van der Waals surface area contributed by atoms with Crippen LogP contribution < -0.4 is 10.2 Å². The van der Waals surface area contributed by atoms with Crippen molar-refractivity contribution in [2.45, 2.75) is 32.5 Å². The summed E-state index contributed by atoms with van der Waals surface area (Å²) in [6.07, 6.45) is 3.68. The van der Waals surface area contributed by atoms with E-state index in [0.29, 0.717) is 6.54 Å². The number of ether oxygens (including phenoxy) is 1. The molecule has 1 fully saturated rings. The summed E-state index contributed by atoms with van der Waals surface area (Å²) in [5, 5.41) is 3.04. The average Bonchev–Trinajstić information content (AvgIpc) is 2.75. The molecule has 2 aliphatic rings. The van der Waals surface area contributed by atoms with Gasteiger partial charge >= 0.3 is 0 Å². The lowest BCUT2D eigenvalue weighted by Crippen LogP contribution is -2.45. The van der Waals surface area contributed by atoms with Crippen molar-refractivity contribution >= 4 is 22.9 Å². The van der Waals surface area contributed by atoms with E-state index in [1.165, 1.54) is 16.8 Å². The smallest absolute Gasteiger partial charge is 0.238 e. The summed E-state index contributed by atoms with van der Waals surface area (Å²) in [4.78, 5) is 17.0. The summed E-state index contributed by atoms with van der Waals surface area (Å²) < 4.78 is 5.81. The minimum absolute atomic E-state index is 0.0351. The van der Waals surface area contributed by atoms with E-state index in [1.54, 1.807) is 0 Å². The molecule has 2 unspecified atom stereocenters. The Labute approximate surface area is 179 Å². The summed E-state index contributed by atoms with van der Waals surface area (Å²) in [7, 11) is 0. The third kappa shape index (κ3) is 5.29. The molecule has 30 heavy (non-hydrogen) atoms. The molecule has 158 valence electrons. The molecule has 2 heterocycles. The molecule has 0 bridgehead atoms. The molecule has 2 aliphatic heterocycles. The SMILES string of the molecule is CC1CN(c2ccc(NC(=O)CN3CC=C(c4ccccc4)CC3)cc2)CC(C)O1. The molecule has 0 spiro atoms. The molecule has 5 nitrogen and oxygen atoms in total. The van der Waals surface area contributed by atoms with E-state index < -0.39 is 0 Å². The van der Waals surface area contributed by atoms with Crippen molar-refractivity contribution < 1.29 is 9.53 Å². The number of hydrogen-bond acceptors (Lipinski definition) is 4. The summed E-state index contributed by atoms with van der Waals surface area (Å²) in [5.41, 5.74) is 4.67. The summed E-state index contributed by atoms with van der Waals surface area (Å²) in [5.74, 6) is 0.0351. The number of rotatable bonds is 5. The van der Waals surface area contributed by atoms with Crippen LogP contribution in [0.15, 0.2) is 60.7 Å². The lowest BCUT2D eigenvalue weighted by molar-refractivity contribution is -0.117. The third-order valence-corrected chi connectivity index (χ3v) is 5.74. The van der Waals surface area contributed by atoms with Crippen molar-refractivity contribution in [3.63, 3.8) is 0 Å². The Hall–Kier alpha value is -2.63. The summed E-state index contributed by atoms with van der Waals surface area (Å²) in [6, 6.07) is 18.6. The van der Waals surface area contributed by atoms with Crippen LogP contribution in [0.3, 0.4) is 0 Å². The first-order valence-corrected chi connectivity index (χ1v) is 10.8. The van der Waals surface area contributed by atoms with Gasteiger partial charge in [0, 0.05) is 37.6 Å². The first-order valence-electron chi connectivity index (χ1n) is 10.8. The van der Waals surface area contributed by atoms with Gasteiger partial charge in [0.2, 0.25) is 5.91 Å². The highest BCUT2D eigenvalue weighted by atomic mass is 16.5. The molecule has 0 aliphatic carbocycles. The molecule has 0 radical (unpaired) electrons. The van der Waals surface area contributed by atoms with Crippen LogP contribution in [-0.4, -0.2) is 55.7 Å². The molecule has 0 saturated carbocycles. The van der Waals surface area contributed by atoms with Crippen molar-refractivity contribution in [3.8, 4) is 0 Å². The number of benzene rings is 2. The van der Waals surface area contributed by atoms with Crippen LogP contribution in [0.2, 0.25) is 0 Å². The highest BCUT2D eigenvalue weighted by molar-refractivity contribution is 5.92. The summed E-state index contributed by atoms with van der Waals surface area (Å²) >= 11 is 0. The number of morpholine rings is 1. The zero-order valence-corrected chi connectivity index (χ0v) is 17.9. The van der Waals surface area contributed by atoms with Gasteiger partial charge in [-0.1, -0.05) is 36.4 Å². The first-order chi connectivity index (χ1) is 14.6.